The molecule has 5 nitrogen and oxygen atoms in total. The third kappa shape index (κ3) is 3.58. The lowest BCUT2D eigenvalue weighted by molar-refractivity contribution is -0.170. The number of aliphatic carboxylic acids is 1. The van der Waals surface area contributed by atoms with Gasteiger partial charge in [0.15, 0.2) is 0 Å². The number of nitrogens with zero attached hydrogens (tertiary/aromatic N) is 1. The van der Waals surface area contributed by atoms with E-state index in [4.69, 9.17) is 10.8 Å². The molecule has 0 aromatic carbocycles. The van der Waals surface area contributed by atoms with Crippen molar-refractivity contribution in [1.82, 2.24) is 4.90 Å². The molecule has 0 atom stereocenters. The van der Waals surface area contributed by atoms with Crippen LogP contribution in [-0.4, -0.2) is 46.7 Å². The van der Waals surface area contributed by atoms with Crippen molar-refractivity contribution in [2.75, 3.05) is 13.1 Å². The molecule has 0 heterocycles. The van der Waals surface area contributed by atoms with E-state index in [1.165, 1.54) is 0 Å². The predicted octanol–water partition coefficient (Wildman–Crippen LogP) is 0.343. The number of carboxylic acids is 1. The minimum absolute atomic E-state index is 0.251. The lowest BCUT2D eigenvalue weighted by Gasteiger charge is -2.40. The molecule has 98 valence electrons. The second kappa shape index (κ2) is 4.52. The highest BCUT2D eigenvalue weighted by atomic mass is 19.4. The molecule has 0 saturated heterocycles. The quantitative estimate of drug-likeness (QED) is 0.758. The molecule has 17 heavy (non-hydrogen) atoms. The number of halogens is 3. The molecule has 0 unspecified atom stereocenters. The molecule has 0 radical (unpaired) electrons. The first kappa shape index (κ1) is 13.8. The number of carboxylic acid groups (broad SMARTS) is 1. The van der Waals surface area contributed by atoms with Crippen molar-refractivity contribution in [3.05, 3.63) is 0 Å². The monoisotopic (exact) mass is 254 g/mol. The first-order valence-corrected chi connectivity index (χ1v) is 5.01. The van der Waals surface area contributed by atoms with Crippen molar-refractivity contribution in [1.29, 1.82) is 0 Å². The van der Waals surface area contributed by atoms with E-state index in [2.05, 4.69) is 0 Å². The molecule has 0 aromatic heterocycles. The molecule has 1 saturated carbocycles. The Kier molecular flexibility index (Phi) is 3.65. The number of amides is 1. The van der Waals surface area contributed by atoms with Crippen molar-refractivity contribution < 1.29 is 27.9 Å². The molecule has 0 spiro atoms. The van der Waals surface area contributed by atoms with Gasteiger partial charge >= 0.3 is 12.1 Å². The Bertz CT molecular complexity index is 326. The zero-order valence-electron chi connectivity index (χ0n) is 8.96. The highest BCUT2D eigenvalue weighted by Crippen LogP contribution is 2.31. The smallest absolute Gasteiger partial charge is 0.406 e. The molecule has 0 aromatic rings. The summed E-state index contributed by atoms with van der Waals surface area (Å²) in [6, 6.07) is 0. The van der Waals surface area contributed by atoms with E-state index in [0.29, 0.717) is 19.3 Å². The van der Waals surface area contributed by atoms with E-state index in [1.54, 1.807) is 0 Å². The normalized spacial score (nSPS) is 18.4. The SMILES string of the molecule is NC1(C(=O)N(CC(=O)O)CC(F)(F)F)CCC1. The highest BCUT2D eigenvalue weighted by Gasteiger charge is 2.45. The fourth-order valence-corrected chi connectivity index (χ4v) is 1.67. The molecular formula is C9H13F3N2O3. The molecule has 1 aliphatic carbocycles. The number of nitrogens with two attached hydrogens (primary N) is 1. The van der Waals surface area contributed by atoms with Gasteiger partial charge in [-0.2, -0.15) is 13.2 Å². The Morgan fingerprint density at radius 2 is 1.88 bits per heavy atom. The Morgan fingerprint density at radius 1 is 1.35 bits per heavy atom. The van der Waals surface area contributed by atoms with Crippen LogP contribution < -0.4 is 5.73 Å². The number of hydrogen-bond acceptors (Lipinski definition) is 3. The minimum Gasteiger partial charge on any atom is -0.480 e. The van der Waals surface area contributed by atoms with E-state index in [0.717, 1.165) is 0 Å². The van der Waals surface area contributed by atoms with Gasteiger partial charge in [0.2, 0.25) is 5.91 Å². The van der Waals surface area contributed by atoms with Crippen molar-refractivity contribution in [2.45, 2.75) is 31.0 Å². The summed E-state index contributed by atoms with van der Waals surface area (Å²) in [6.07, 6.45) is -3.39. The maximum absolute atomic E-state index is 12.2. The predicted molar refractivity (Wildman–Crippen MR) is 51.0 cm³/mol. The molecule has 0 bridgehead atoms. The van der Waals surface area contributed by atoms with Crippen LogP contribution in [0.2, 0.25) is 0 Å². The summed E-state index contributed by atoms with van der Waals surface area (Å²) in [4.78, 5) is 22.4. The summed E-state index contributed by atoms with van der Waals surface area (Å²) in [5.41, 5.74) is 4.27. The Hall–Kier alpha value is -1.31. The van der Waals surface area contributed by atoms with E-state index >= 15 is 0 Å². The highest BCUT2D eigenvalue weighted by molar-refractivity contribution is 5.89. The Labute approximate surface area is 95.4 Å². The van der Waals surface area contributed by atoms with E-state index in [-0.39, 0.29) is 4.90 Å². The van der Waals surface area contributed by atoms with Gasteiger partial charge in [-0.3, -0.25) is 9.59 Å². The van der Waals surface area contributed by atoms with Crippen LogP contribution in [0.5, 0.6) is 0 Å². The van der Waals surface area contributed by atoms with Gasteiger partial charge in [0.05, 0.1) is 5.54 Å². The van der Waals surface area contributed by atoms with Crippen LogP contribution in [0.25, 0.3) is 0 Å². The summed E-state index contributed by atoms with van der Waals surface area (Å²) >= 11 is 0. The van der Waals surface area contributed by atoms with Crippen LogP contribution in [0.4, 0.5) is 13.2 Å². The fourth-order valence-electron chi connectivity index (χ4n) is 1.67. The van der Waals surface area contributed by atoms with E-state index < -0.39 is 36.7 Å². The molecule has 1 amide bonds. The maximum Gasteiger partial charge on any atom is 0.406 e. The summed E-state index contributed by atoms with van der Waals surface area (Å²) in [5.74, 6) is -2.44. The average Bonchev–Trinajstić information content (AvgIpc) is 2.09. The summed E-state index contributed by atoms with van der Waals surface area (Å²) in [6.45, 7) is -2.58. The molecular weight excluding hydrogens is 241 g/mol. The van der Waals surface area contributed by atoms with Crippen LogP contribution in [0.15, 0.2) is 0 Å². The van der Waals surface area contributed by atoms with Gasteiger partial charge < -0.3 is 15.7 Å². The zero-order valence-corrected chi connectivity index (χ0v) is 8.96. The van der Waals surface area contributed by atoms with Crippen molar-refractivity contribution in [2.24, 2.45) is 5.73 Å². The standard InChI is InChI=1S/C9H13F3N2O3/c10-9(11,12)5-14(4-6(15)16)7(17)8(13)2-1-3-8/h1-5,13H2,(H,15,16). The van der Waals surface area contributed by atoms with Crippen LogP contribution in [0.1, 0.15) is 19.3 Å². The van der Waals surface area contributed by atoms with Crippen LogP contribution in [0.3, 0.4) is 0 Å². The van der Waals surface area contributed by atoms with Crippen molar-refractivity contribution in [3.63, 3.8) is 0 Å². The van der Waals surface area contributed by atoms with Gasteiger partial charge in [-0.05, 0) is 19.3 Å². The number of carbonyl (C=O) groups is 2. The summed E-state index contributed by atoms with van der Waals surface area (Å²) in [5, 5.41) is 8.48. The van der Waals surface area contributed by atoms with Gasteiger partial charge in [0, 0.05) is 0 Å². The van der Waals surface area contributed by atoms with Crippen LogP contribution in [0, 0.1) is 0 Å². The number of carbonyl (C=O) groups excluding carboxylic acids is 1. The van der Waals surface area contributed by atoms with Gasteiger partial charge in [0.1, 0.15) is 13.1 Å². The maximum atomic E-state index is 12.2. The van der Waals surface area contributed by atoms with Gasteiger partial charge in [-0.15, -0.1) is 0 Å². The minimum atomic E-state index is -4.63. The molecule has 3 N–H and O–H groups in total. The summed E-state index contributed by atoms with van der Waals surface area (Å²) < 4.78 is 36.6. The number of alkyl halides is 3. The fraction of sp³-hybridized carbons (Fsp3) is 0.778. The van der Waals surface area contributed by atoms with Gasteiger partial charge in [0.25, 0.3) is 0 Å². The Balaban J connectivity index is 2.75. The Morgan fingerprint density at radius 3 is 2.18 bits per heavy atom. The largest absolute Gasteiger partial charge is 0.480 e. The molecule has 0 aliphatic heterocycles. The summed E-state index contributed by atoms with van der Waals surface area (Å²) in [7, 11) is 0. The lowest BCUT2D eigenvalue weighted by Crippen LogP contribution is -2.61. The molecule has 1 rings (SSSR count). The van der Waals surface area contributed by atoms with Crippen LogP contribution in [-0.2, 0) is 9.59 Å². The first-order chi connectivity index (χ1) is 7.64. The third-order valence-electron chi connectivity index (χ3n) is 2.66. The lowest BCUT2D eigenvalue weighted by atomic mass is 9.76. The molecule has 8 heteroatoms. The van der Waals surface area contributed by atoms with E-state index in [1.807, 2.05) is 0 Å². The molecule has 1 fully saturated rings. The van der Waals surface area contributed by atoms with Gasteiger partial charge in [-0.1, -0.05) is 0 Å². The van der Waals surface area contributed by atoms with Crippen LogP contribution >= 0.6 is 0 Å². The third-order valence-corrected chi connectivity index (χ3v) is 2.66. The second-order valence-corrected chi connectivity index (χ2v) is 4.18. The molecule has 1 aliphatic rings. The topological polar surface area (TPSA) is 83.6 Å². The second-order valence-electron chi connectivity index (χ2n) is 4.18. The number of hydrogen-bond donors (Lipinski definition) is 2. The van der Waals surface area contributed by atoms with Crippen molar-refractivity contribution >= 4 is 11.9 Å². The van der Waals surface area contributed by atoms with Crippen molar-refractivity contribution in [3.8, 4) is 0 Å². The zero-order chi connectivity index (χ0) is 13.3. The first-order valence-electron chi connectivity index (χ1n) is 5.01. The van der Waals surface area contributed by atoms with Gasteiger partial charge in [-0.25, -0.2) is 0 Å². The van der Waals surface area contributed by atoms with E-state index in [9.17, 15) is 22.8 Å². The average molecular weight is 254 g/mol. The number of rotatable bonds is 4.